The summed E-state index contributed by atoms with van der Waals surface area (Å²) in [5.41, 5.74) is 6.37. The van der Waals surface area contributed by atoms with E-state index in [4.69, 9.17) is 17.3 Å². The van der Waals surface area contributed by atoms with Gasteiger partial charge < -0.3 is 11.1 Å². The van der Waals surface area contributed by atoms with Crippen LogP contribution in [0.25, 0.3) is 0 Å². The van der Waals surface area contributed by atoms with Crippen LogP contribution < -0.4 is 11.1 Å². The van der Waals surface area contributed by atoms with Gasteiger partial charge in [-0.25, -0.2) is 0 Å². The Morgan fingerprint density at radius 3 is 2.56 bits per heavy atom. The van der Waals surface area contributed by atoms with Crippen molar-refractivity contribution in [3.05, 3.63) is 28.2 Å². The number of halogens is 4. The van der Waals surface area contributed by atoms with E-state index in [0.717, 1.165) is 0 Å². The maximum Gasteiger partial charge on any atom is 0.445 e. The van der Waals surface area contributed by atoms with Crippen molar-refractivity contribution < 1.29 is 13.2 Å². The highest BCUT2D eigenvalue weighted by Crippen LogP contribution is 2.35. The fourth-order valence-electron chi connectivity index (χ4n) is 1.14. The van der Waals surface area contributed by atoms with E-state index in [0.29, 0.717) is 27.7 Å². The van der Waals surface area contributed by atoms with Gasteiger partial charge in [0.15, 0.2) is 0 Å². The number of nitrogens with zero attached hydrogens (tertiary/aromatic N) is 2. The molecular formula is C9H6ClF3N4S. The lowest BCUT2D eigenvalue weighted by Crippen LogP contribution is -2.03. The second-order valence-electron chi connectivity index (χ2n) is 3.27. The van der Waals surface area contributed by atoms with E-state index in [9.17, 15) is 13.2 Å². The maximum atomic E-state index is 12.3. The number of hydrogen-bond acceptors (Lipinski definition) is 5. The van der Waals surface area contributed by atoms with Crippen LogP contribution in [0.15, 0.2) is 18.2 Å². The minimum atomic E-state index is -4.50. The molecule has 0 amide bonds. The highest BCUT2D eigenvalue weighted by Gasteiger charge is 2.35. The van der Waals surface area contributed by atoms with Crippen molar-refractivity contribution in [1.82, 2.24) is 10.2 Å². The first-order chi connectivity index (χ1) is 8.36. The summed E-state index contributed by atoms with van der Waals surface area (Å²) >= 11 is 6.27. The molecule has 2 rings (SSSR count). The third-order valence-electron chi connectivity index (χ3n) is 1.90. The van der Waals surface area contributed by atoms with Crippen LogP contribution in [0, 0.1) is 0 Å². The number of rotatable bonds is 2. The molecule has 1 heterocycles. The Balaban J connectivity index is 2.21. The van der Waals surface area contributed by atoms with Crippen LogP contribution in [0.4, 0.5) is 29.7 Å². The first kappa shape index (κ1) is 12.9. The number of nitrogens with two attached hydrogens (primary N) is 1. The summed E-state index contributed by atoms with van der Waals surface area (Å²) in [4.78, 5) is 0. The van der Waals surface area contributed by atoms with Crippen LogP contribution in [0.1, 0.15) is 5.01 Å². The number of nitrogen functional groups attached to an aromatic ring is 1. The number of aromatic nitrogens is 2. The fraction of sp³-hybridized carbons (Fsp3) is 0.111. The molecule has 2 aromatic rings. The predicted octanol–water partition coefficient (Wildman–Crippen LogP) is 3.54. The highest BCUT2D eigenvalue weighted by molar-refractivity contribution is 7.15. The Kier molecular flexibility index (Phi) is 3.31. The van der Waals surface area contributed by atoms with Crippen molar-refractivity contribution in [2.75, 3.05) is 11.1 Å². The van der Waals surface area contributed by atoms with E-state index in [1.807, 2.05) is 0 Å². The summed E-state index contributed by atoms with van der Waals surface area (Å²) in [7, 11) is 0. The highest BCUT2D eigenvalue weighted by atomic mass is 35.5. The molecule has 4 nitrogen and oxygen atoms in total. The van der Waals surface area contributed by atoms with Gasteiger partial charge in [-0.05, 0) is 18.2 Å². The summed E-state index contributed by atoms with van der Waals surface area (Å²) in [6.07, 6.45) is -4.50. The van der Waals surface area contributed by atoms with Crippen LogP contribution in [-0.4, -0.2) is 10.2 Å². The van der Waals surface area contributed by atoms with Crippen molar-refractivity contribution >= 4 is 39.4 Å². The number of nitrogens with one attached hydrogen (secondary N) is 1. The molecule has 0 spiro atoms. The van der Waals surface area contributed by atoms with Crippen molar-refractivity contribution in [3.8, 4) is 0 Å². The predicted molar refractivity (Wildman–Crippen MR) is 64.1 cm³/mol. The zero-order valence-electron chi connectivity index (χ0n) is 8.62. The van der Waals surface area contributed by atoms with E-state index in [2.05, 4.69) is 15.5 Å². The molecule has 18 heavy (non-hydrogen) atoms. The van der Waals surface area contributed by atoms with Gasteiger partial charge in [0, 0.05) is 5.69 Å². The Bertz CT molecular complexity index is 569. The summed E-state index contributed by atoms with van der Waals surface area (Å²) in [5.74, 6) is 0. The lowest BCUT2D eigenvalue weighted by Gasteiger charge is -2.05. The fourth-order valence-corrected chi connectivity index (χ4v) is 2.00. The summed E-state index contributed by atoms with van der Waals surface area (Å²) in [5, 5.41) is 8.36. The van der Waals surface area contributed by atoms with Crippen molar-refractivity contribution in [1.29, 1.82) is 0 Å². The Hall–Kier alpha value is -1.54. The van der Waals surface area contributed by atoms with Crippen LogP contribution in [0.3, 0.4) is 0 Å². The first-order valence-corrected chi connectivity index (χ1v) is 5.78. The standard InChI is InChI=1S/C9H6ClF3N4S/c10-5-3-4(14)1-2-6(5)15-8-17-16-7(18-8)9(11,12)13/h1-3H,14H2,(H,15,17). The van der Waals surface area contributed by atoms with Gasteiger partial charge in [0.25, 0.3) is 0 Å². The molecule has 0 saturated carbocycles. The van der Waals surface area contributed by atoms with Crippen LogP contribution in [-0.2, 0) is 6.18 Å². The Morgan fingerprint density at radius 1 is 1.28 bits per heavy atom. The van der Waals surface area contributed by atoms with Crippen molar-refractivity contribution in [2.24, 2.45) is 0 Å². The van der Waals surface area contributed by atoms with Crippen molar-refractivity contribution in [2.45, 2.75) is 6.18 Å². The van der Waals surface area contributed by atoms with E-state index >= 15 is 0 Å². The average molecular weight is 295 g/mol. The smallest absolute Gasteiger partial charge is 0.399 e. The van der Waals surface area contributed by atoms with Gasteiger partial charge in [-0.15, -0.1) is 10.2 Å². The minimum Gasteiger partial charge on any atom is -0.399 e. The normalized spacial score (nSPS) is 11.6. The molecule has 0 aliphatic heterocycles. The molecular weight excluding hydrogens is 289 g/mol. The zero-order chi connectivity index (χ0) is 13.3. The van der Waals surface area contributed by atoms with Gasteiger partial charge in [0.2, 0.25) is 10.1 Å². The first-order valence-electron chi connectivity index (χ1n) is 4.59. The van der Waals surface area contributed by atoms with Gasteiger partial charge in [-0.1, -0.05) is 22.9 Å². The third-order valence-corrected chi connectivity index (χ3v) is 3.10. The van der Waals surface area contributed by atoms with Gasteiger partial charge in [0.05, 0.1) is 10.7 Å². The number of anilines is 3. The molecule has 0 saturated heterocycles. The number of benzene rings is 1. The molecule has 0 aliphatic carbocycles. The molecule has 9 heteroatoms. The molecule has 1 aromatic heterocycles. The lowest BCUT2D eigenvalue weighted by molar-refractivity contribution is -0.138. The van der Waals surface area contributed by atoms with E-state index < -0.39 is 11.2 Å². The molecule has 96 valence electrons. The summed E-state index contributed by atoms with van der Waals surface area (Å²) < 4.78 is 36.9. The lowest BCUT2D eigenvalue weighted by atomic mass is 10.3. The largest absolute Gasteiger partial charge is 0.445 e. The number of alkyl halides is 3. The number of hydrogen-bond donors (Lipinski definition) is 2. The third kappa shape index (κ3) is 2.82. The summed E-state index contributed by atoms with van der Waals surface area (Å²) in [6.45, 7) is 0. The van der Waals surface area contributed by atoms with E-state index in [1.165, 1.54) is 6.07 Å². The molecule has 0 aliphatic rings. The van der Waals surface area contributed by atoms with E-state index in [1.54, 1.807) is 12.1 Å². The topological polar surface area (TPSA) is 63.8 Å². The molecule has 3 N–H and O–H groups in total. The Morgan fingerprint density at radius 2 is 2.00 bits per heavy atom. The Labute approximate surface area is 109 Å². The molecule has 0 unspecified atom stereocenters. The second kappa shape index (κ2) is 4.62. The van der Waals surface area contributed by atoms with Gasteiger partial charge in [0.1, 0.15) is 0 Å². The molecule has 0 atom stereocenters. The zero-order valence-corrected chi connectivity index (χ0v) is 10.2. The van der Waals surface area contributed by atoms with Gasteiger partial charge in [-0.2, -0.15) is 13.2 Å². The second-order valence-corrected chi connectivity index (χ2v) is 4.66. The maximum absolute atomic E-state index is 12.3. The van der Waals surface area contributed by atoms with Crippen LogP contribution in [0.2, 0.25) is 5.02 Å². The van der Waals surface area contributed by atoms with E-state index in [-0.39, 0.29) is 5.13 Å². The average Bonchev–Trinajstić information content (AvgIpc) is 2.70. The molecule has 1 aromatic carbocycles. The monoisotopic (exact) mass is 294 g/mol. The van der Waals surface area contributed by atoms with Crippen LogP contribution in [0.5, 0.6) is 0 Å². The molecule has 0 radical (unpaired) electrons. The minimum absolute atomic E-state index is 0.00833. The van der Waals surface area contributed by atoms with Gasteiger partial charge in [-0.3, -0.25) is 0 Å². The van der Waals surface area contributed by atoms with Crippen LogP contribution >= 0.6 is 22.9 Å². The van der Waals surface area contributed by atoms with Gasteiger partial charge >= 0.3 is 6.18 Å². The summed E-state index contributed by atoms with van der Waals surface area (Å²) in [6, 6.07) is 4.60. The quantitative estimate of drug-likeness (QED) is 0.832. The van der Waals surface area contributed by atoms with Crippen molar-refractivity contribution in [3.63, 3.8) is 0 Å². The molecule has 0 fully saturated rings. The molecule has 0 bridgehead atoms. The SMILES string of the molecule is Nc1ccc(Nc2nnc(C(F)(F)F)s2)c(Cl)c1.